The van der Waals surface area contributed by atoms with Crippen LogP contribution in [0.1, 0.15) is 19.3 Å². The summed E-state index contributed by atoms with van der Waals surface area (Å²) < 4.78 is 0. The van der Waals surface area contributed by atoms with Crippen molar-refractivity contribution in [3.63, 3.8) is 0 Å². The van der Waals surface area contributed by atoms with Crippen LogP contribution >= 0.6 is 12.4 Å². The molecule has 19 heavy (non-hydrogen) atoms. The van der Waals surface area contributed by atoms with E-state index in [1.165, 1.54) is 19.9 Å². The highest BCUT2D eigenvalue weighted by Crippen LogP contribution is 2.35. The molecular formula is C12H23ClN4O2. The van der Waals surface area contributed by atoms with Crippen LogP contribution < -0.4 is 16.4 Å². The standard InChI is InChI=1S/C12H22N4O2.ClH/c1-14-12(18)15-11(17)7-16-5-8-3-2-4-10(13)9(8)6-16;/h8-10H,2-7,13H2,1H3,(H2,14,15,17,18);1H. The maximum Gasteiger partial charge on any atom is 0.321 e. The molecule has 1 saturated carbocycles. The molecule has 7 heteroatoms. The van der Waals surface area contributed by atoms with Crippen LogP contribution in [0.3, 0.4) is 0 Å². The number of nitrogens with zero attached hydrogens (tertiary/aromatic N) is 1. The molecule has 1 aliphatic carbocycles. The van der Waals surface area contributed by atoms with Gasteiger partial charge in [-0.3, -0.25) is 15.0 Å². The number of imide groups is 1. The highest BCUT2D eigenvalue weighted by atomic mass is 35.5. The van der Waals surface area contributed by atoms with Gasteiger partial charge in [0, 0.05) is 26.2 Å². The van der Waals surface area contributed by atoms with Crippen LogP contribution in [0.2, 0.25) is 0 Å². The summed E-state index contributed by atoms with van der Waals surface area (Å²) >= 11 is 0. The van der Waals surface area contributed by atoms with Crippen LogP contribution in [0.4, 0.5) is 4.79 Å². The molecule has 3 atom stereocenters. The topological polar surface area (TPSA) is 87.5 Å². The lowest BCUT2D eigenvalue weighted by molar-refractivity contribution is -0.121. The smallest absolute Gasteiger partial charge is 0.321 e. The number of amides is 3. The Kier molecular flexibility index (Phi) is 6.03. The van der Waals surface area contributed by atoms with Gasteiger partial charge in [-0.1, -0.05) is 6.42 Å². The fraction of sp³-hybridized carbons (Fsp3) is 0.833. The van der Waals surface area contributed by atoms with Crippen LogP contribution in [-0.4, -0.2) is 49.6 Å². The Bertz CT molecular complexity index is 340. The number of nitrogens with one attached hydrogen (secondary N) is 2. The van der Waals surface area contributed by atoms with E-state index < -0.39 is 6.03 Å². The summed E-state index contributed by atoms with van der Waals surface area (Å²) in [6.07, 6.45) is 3.51. The van der Waals surface area contributed by atoms with Crippen molar-refractivity contribution in [2.45, 2.75) is 25.3 Å². The second kappa shape index (κ2) is 7.07. The molecule has 0 aromatic rings. The van der Waals surface area contributed by atoms with E-state index >= 15 is 0 Å². The number of hydrogen-bond acceptors (Lipinski definition) is 4. The molecule has 0 bridgehead atoms. The Balaban J connectivity index is 0.00000180. The van der Waals surface area contributed by atoms with Gasteiger partial charge in [0.15, 0.2) is 0 Å². The third-order valence-corrected chi connectivity index (χ3v) is 4.08. The number of likely N-dealkylation sites (tertiary alicyclic amines) is 1. The molecule has 110 valence electrons. The molecule has 3 unspecified atom stereocenters. The Morgan fingerprint density at radius 3 is 2.68 bits per heavy atom. The van der Waals surface area contributed by atoms with Crippen LogP contribution in [0.15, 0.2) is 0 Å². The van der Waals surface area contributed by atoms with E-state index in [2.05, 4.69) is 15.5 Å². The van der Waals surface area contributed by atoms with E-state index in [4.69, 9.17) is 5.73 Å². The van der Waals surface area contributed by atoms with Crippen molar-refractivity contribution in [2.75, 3.05) is 26.7 Å². The van der Waals surface area contributed by atoms with Gasteiger partial charge in [-0.2, -0.15) is 0 Å². The molecule has 2 fully saturated rings. The van der Waals surface area contributed by atoms with E-state index in [1.54, 1.807) is 0 Å². The molecule has 0 radical (unpaired) electrons. The average Bonchev–Trinajstić information content (AvgIpc) is 2.72. The molecule has 0 aromatic heterocycles. The Morgan fingerprint density at radius 1 is 1.32 bits per heavy atom. The third-order valence-electron chi connectivity index (χ3n) is 4.08. The van der Waals surface area contributed by atoms with Crippen molar-refractivity contribution in [1.29, 1.82) is 0 Å². The van der Waals surface area contributed by atoms with Crippen molar-refractivity contribution < 1.29 is 9.59 Å². The average molecular weight is 291 g/mol. The molecule has 1 aliphatic heterocycles. The second-order valence-corrected chi connectivity index (χ2v) is 5.34. The largest absolute Gasteiger partial charge is 0.341 e. The van der Waals surface area contributed by atoms with Crippen molar-refractivity contribution in [3.05, 3.63) is 0 Å². The second-order valence-electron chi connectivity index (χ2n) is 5.34. The lowest BCUT2D eigenvalue weighted by Gasteiger charge is -2.29. The monoisotopic (exact) mass is 290 g/mol. The normalized spacial score (nSPS) is 30.1. The van der Waals surface area contributed by atoms with Gasteiger partial charge < -0.3 is 11.1 Å². The van der Waals surface area contributed by atoms with Gasteiger partial charge in [-0.25, -0.2) is 4.79 Å². The van der Waals surface area contributed by atoms with E-state index in [0.717, 1.165) is 19.5 Å². The van der Waals surface area contributed by atoms with Gasteiger partial charge in [-0.15, -0.1) is 12.4 Å². The molecule has 4 N–H and O–H groups in total. The summed E-state index contributed by atoms with van der Waals surface area (Å²) in [5, 5.41) is 4.66. The summed E-state index contributed by atoms with van der Waals surface area (Å²) in [4.78, 5) is 24.7. The predicted molar refractivity (Wildman–Crippen MR) is 75.1 cm³/mol. The number of nitrogens with two attached hydrogens (primary N) is 1. The number of carbonyl (C=O) groups excluding carboxylic acids is 2. The molecule has 2 aliphatic rings. The minimum Gasteiger partial charge on any atom is -0.341 e. The van der Waals surface area contributed by atoms with E-state index in [1.807, 2.05) is 0 Å². The first-order valence-corrected chi connectivity index (χ1v) is 6.59. The third kappa shape index (κ3) is 4.06. The van der Waals surface area contributed by atoms with Gasteiger partial charge in [0.05, 0.1) is 6.54 Å². The fourth-order valence-corrected chi connectivity index (χ4v) is 3.17. The highest BCUT2D eigenvalue weighted by molar-refractivity contribution is 5.95. The zero-order valence-electron chi connectivity index (χ0n) is 11.2. The number of carbonyl (C=O) groups is 2. The number of urea groups is 1. The van der Waals surface area contributed by atoms with E-state index in [0.29, 0.717) is 11.8 Å². The Morgan fingerprint density at radius 2 is 2.05 bits per heavy atom. The predicted octanol–water partition coefficient (Wildman–Crippen LogP) is -0.0770. The molecule has 0 spiro atoms. The van der Waals surface area contributed by atoms with E-state index in [9.17, 15) is 9.59 Å². The summed E-state index contributed by atoms with van der Waals surface area (Å²) in [5.41, 5.74) is 6.12. The lowest BCUT2D eigenvalue weighted by atomic mass is 9.78. The molecule has 0 aromatic carbocycles. The van der Waals surface area contributed by atoms with Gasteiger partial charge in [0.25, 0.3) is 0 Å². The van der Waals surface area contributed by atoms with Crippen molar-refractivity contribution in [2.24, 2.45) is 17.6 Å². The van der Waals surface area contributed by atoms with Gasteiger partial charge in [0.2, 0.25) is 5.91 Å². The molecular weight excluding hydrogens is 268 g/mol. The zero-order chi connectivity index (χ0) is 13.1. The Hall–Kier alpha value is -0.850. The molecule has 3 amide bonds. The minimum absolute atomic E-state index is 0. The maximum atomic E-state index is 11.6. The van der Waals surface area contributed by atoms with Crippen molar-refractivity contribution >= 4 is 24.3 Å². The molecule has 1 saturated heterocycles. The van der Waals surface area contributed by atoms with Gasteiger partial charge in [0.1, 0.15) is 0 Å². The van der Waals surface area contributed by atoms with Crippen molar-refractivity contribution in [1.82, 2.24) is 15.5 Å². The minimum atomic E-state index is -0.451. The quantitative estimate of drug-likeness (QED) is 0.664. The fourth-order valence-electron chi connectivity index (χ4n) is 3.17. The first-order chi connectivity index (χ1) is 8.60. The zero-order valence-corrected chi connectivity index (χ0v) is 12.0. The summed E-state index contributed by atoms with van der Waals surface area (Å²) in [6.45, 7) is 2.10. The summed E-state index contributed by atoms with van der Waals surface area (Å²) in [5.74, 6) is 0.898. The number of fused-ring (bicyclic) bond motifs is 1. The first-order valence-electron chi connectivity index (χ1n) is 6.59. The SMILES string of the molecule is CNC(=O)NC(=O)CN1CC2CCCC(N)C2C1.Cl. The number of hydrogen-bond donors (Lipinski definition) is 3. The number of halogens is 1. The lowest BCUT2D eigenvalue weighted by Crippen LogP contribution is -2.43. The highest BCUT2D eigenvalue weighted by Gasteiger charge is 2.39. The Labute approximate surface area is 119 Å². The van der Waals surface area contributed by atoms with Crippen LogP contribution in [0.5, 0.6) is 0 Å². The molecule has 1 heterocycles. The molecule has 2 rings (SSSR count). The van der Waals surface area contributed by atoms with Crippen LogP contribution in [-0.2, 0) is 4.79 Å². The van der Waals surface area contributed by atoms with Gasteiger partial charge >= 0.3 is 6.03 Å². The van der Waals surface area contributed by atoms with Gasteiger partial charge in [-0.05, 0) is 24.7 Å². The summed E-state index contributed by atoms with van der Waals surface area (Å²) in [7, 11) is 1.49. The summed E-state index contributed by atoms with van der Waals surface area (Å²) in [6, 6.07) is -0.177. The van der Waals surface area contributed by atoms with Crippen LogP contribution in [0.25, 0.3) is 0 Å². The van der Waals surface area contributed by atoms with Crippen molar-refractivity contribution in [3.8, 4) is 0 Å². The number of rotatable bonds is 2. The first kappa shape index (κ1) is 16.2. The molecule has 6 nitrogen and oxygen atoms in total. The van der Waals surface area contributed by atoms with E-state index in [-0.39, 0.29) is 30.9 Å². The maximum absolute atomic E-state index is 11.6. The van der Waals surface area contributed by atoms with Crippen LogP contribution in [0, 0.1) is 11.8 Å².